The highest BCUT2D eigenvalue weighted by molar-refractivity contribution is 7.47. The highest BCUT2D eigenvalue weighted by Crippen LogP contribution is 2.43. The Morgan fingerprint density at radius 3 is 1.09 bits per heavy atom. The van der Waals surface area contributed by atoms with Crippen LogP contribution in [0.25, 0.3) is 0 Å². The largest absolute Gasteiger partial charge is 0.472 e. The molecule has 0 rings (SSSR count). The fourth-order valence-corrected chi connectivity index (χ4v) is 10.3. The van der Waals surface area contributed by atoms with Gasteiger partial charge in [-0.15, -0.1) is 0 Å². The van der Waals surface area contributed by atoms with Crippen molar-refractivity contribution >= 4 is 19.8 Å². The molecular weight excluding hydrogens is 954 g/mol. The van der Waals surface area contributed by atoms with Crippen LogP contribution in [0.4, 0.5) is 0 Å². The molecule has 10 heteroatoms. The van der Waals surface area contributed by atoms with Crippen LogP contribution in [0.3, 0.4) is 0 Å². The number of rotatable bonds is 61. The third-order valence-electron chi connectivity index (χ3n) is 14.2. The molecule has 75 heavy (non-hydrogen) atoms. The summed E-state index contributed by atoms with van der Waals surface area (Å²) >= 11 is 0. The van der Waals surface area contributed by atoms with Gasteiger partial charge < -0.3 is 20.1 Å². The fraction of sp³-hybridized carbons (Fsp3) is 0.846. The van der Waals surface area contributed by atoms with Crippen molar-refractivity contribution in [1.82, 2.24) is 0 Å². The van der Waals surface area contributed by atoms with Crippen LogP contribution in [-0.4, -0.2) is 49.3 Å². The zero-order valence-corrected chi connectivity index (χ0v) is 50.2. The van der Waals surface area contributed by atoms with Crippen molar-refractivity contribution in [3.8, 4) is 0 Å². The molecule has 0 aromatic carbocycles. The number of carbonyl (C=O) groups excluding carboxylic acids is 2. The van der Waals surface area contributed by atoms with Crippen LogP contribution < -0.4 is 5.73 Å². The molecule has 0 aliphatic rings. The summed E-state index contributed by atoms with van der Waals surface area (Å²) in [5.41, 5.74) is 5.39. The molecule has 440 valence electrons. The van der Waals surface area contributed by atoms with Gasteiger partial charge in [0.2, 0.25) is 0 Å². The summed E-state index contributed by atoms with van der Waals surface area (Å²) in [5.74, 6) is -0.809. The van der Waals surface area contributed by atoms with Crippen molar-refractivity contribution in [3.05, 3.63) is 48.6 Å². The van der Waals surface area contributed by atoms with E-state index in [9.17, 15) is 19.0 Å². The first-order chi connectivity index (χ1) is 36.8. The lowest BCUT2D eigenvalue weighted by molar-refractivity contribution is -0.161. The molecule has 0 saturated carbocycles. The minimum atomic E-state index is -4.39. The standard InChI is InChI=1S/C65H122NO8P/c1-3-5-7-9-11-13-15-17-19-21-23-25-27-29-30-31-32-34-36-38-40-42-44-46-48-50-52-54-56-58-65(68)74-63(62-73-75(69,70)72-60-59-66)61-71-64(67)57-55-53-51-49-47-45-43-41-39-37-35-33-28-26-24-22-20-18-16-14-12-10-8-6-4-2/h5,7,11,13,17,19,23,25,63H,3-4,6,8-10,12,14-16,18,20-22,24,26-62,66H2,1-2H3,(H,69,70)/b7-5-,13-11-,19-17-,25-23-. The number of ether oxygens (including phenoxy) is 2. The SMILES string of the molecule is CC/C=C\C/C=C\C/C=C\C/C=C\CCCCCCCCCCCCCCCCCCC(=O)OC(COC(=O)CCCCCCCCCCCCCCCCCCCCCCCCCCC)COP(=O)(O)OCCN. The maximum Gasteiger partial charge on any atom is 0.472 e. The second-order valence-corrected chi connectivity index (χ2v) is 23.1. The van der Waals surface area contributed by atoms with E-state index in [1.165, 1.54) is 225 Å². The predicted octanol–water partition coefficient (Wildman–Crippen LogP) is 20.5. The number of phosphoric ester groups is 1. The molecule has 0 radical (unpaired) electrons. The van der Waals surface area contributed by atoms with E-state index in [1.54, 1.807) is 0 Å². The maximum absolute atomic E-state index is 12.7. The molecular formula is C65H122NO8P. The number of esters is 2. The topological polar surface area (TPSA) is 134 Å². The molecule has 9 nitrogen and oxygen atoms in total. The summed E-state index contributed by atoms with van der Waals surface area (Å²) in [5, 5.41) is 0. The fourth-order valence-electron chi connectivity index (χ4n) is 9.51. The lowest BCUT2D eigenvalue weighted by Crippen LogP contribution is -2.29. The second-order valence-electron chi connectivity index (χ2n) is 21.6. The van der Waals surface area contributed by atoms with Crippen LogP contribution in [0.2, 0.25) is 0 Å². The highest BCUT2D eigenvalue weighted by atomic mass is 31.2. The lowest BCUT2D eigenvalue weighted by atomic mass is 10.0. The van der Waals surface area contributed by atoms with Crippen molar-refractivity contribution in [3.63, 3.8) is 0 Å². The third kappa shape index (κ3) is 61.1. The maximum atomic E-state index is 12.7. The summed E-state index contributed by atoms with van der Waals surface area (Å²) in [6.45, 7) is 3.69. The molecule has 0 saturated heterocycles. The zero-order valence-electron chi connectivity index (χ0n) is 49.3. The molecule has 0 amide bonds. The Hall–Kier alpha value is -2.03. The van der Waals surface area contributed by atoms with Gasteiger partial charge in [-0.3, -0.25) is 18.6 Å². The van der Waals surface area contributed by atoms with Gasteiger partial charge in [-0.2, -0.15) is 0 Å². The van der Waals surface area contributed by atoms with Gasteiger partial charge in [0.05, 0.1) is 13.2 Å². The Morgan fingerprint density at radius 2 is 0.733 bits per heavy atom. The summed E-state index contributed by atoms with van der Waals surface area (Å²) in [7, 11) is -4.39. The Morgan fingerprint density at radius 1 is 0.413 bits per heavy atom. The molecule has 0 aromatic rings. The minimum absolute atomic E-state index is 0.0550. The van der Waals surface area contributed by atoms with E-state index in [1.807, 2.05) is 0 Å². The van der Waals surface area contributed by atoms with Crippen LogP contribution in [0.15, 0.2) is 48.6 Å². The van der Waals surface area contributed by atoms with Crippen LogP contribution >= 0.6 is 7.82 Å². The molecule has 3 N–H and O–H groups in total. The highest BCUT2D eigenvalue weighted by Gasteiger charge is 2.26. The number of phosphoric acid groups is 1. The van der Waals surface area contributed by atoms with E-state index in [-0.39, 0.29) is 38.6 Å². The number of allylic oxidation sites excluding steroid dienone is 8. The van der Waals surface area contributed by atoms with Crippen molar-refractivity contribution in [2.75, 3.05) is 26.4 Å². The average molecular weight is 1080 g/mol. The van der Waals surface area contributed by atoms with Crippen LogP contribution in [0, 0.1) is 0 Å². The van der Waals surface area contributed by atoms with E-state index in [0.717, 1.165) is 64.2 Å². The molecule has 0 bridgehead atoms. The quantitative estimate of drug-likeness (QED) is 0.0264. The van der Waals surface area contributed by atoms with Crippen LogP contribution in [0.5, 0.6) is 0 Å². The smallest absolute Gasteiger partial charge is 0.462 e. The van der Waals surface area contributed by atoms with E-state index in [0.29, 0.717) is 6.42 Å². The number of hydrogen-bond donors (Lipinski definition) is 2. The van der Waals surface area contributed by atoms with Gasteiger partial charge in [0.1, 0.15) is 6.61 Å². The lowest BCUT2D eigenvalue weighted by Gasteiger charge is -2.19. The van der Waals surface area contributed by atoms with Gasteiger partial charge in [0.15, 0.2) is 6.10 Å². The Bertz CT molecular complexity index is 1370. The molecule has 0 aliphatic heterocycles. The number of carbonyl (C=O) groups is 2. The van der Waals surface area contributed by atoms with E-state index in [4.69, 9.17) is 24.3 Å². The first-order valence-electron chi connectivity index (χ1n) is 32.1. The van der Waals surface area contributed by atoms with Gasteiger partial charge in [0.25, 0.3) is 0 Å². The third-order valence-corrected chi connectivity index (χ3v) is 15.2. The number of hydrogen-bond acceptors (Lipinski definition) is 8. The molecule has 0 aliphatic carbocycles. The minimum Gasteiger partial charge on any atom is -0.462 e. The summed E-state index contributed by atoms with van der Waals surface area (Å²) in [6, 6.07) is 0. The average Bonchev–Trinajstić information content (AvgIpc) is 3.40. The number of unbranched alkanes of at least 4 members (excludes halogenated alkanes) is 40. The summed E-state index contributed by atoms with van der Waals surface area (Å²) < 4.78 is 33.1. The monoisotopic (exact) mass is 1080 g/mol. The molecule has 2 unspecified atom stereocenters. The van der Waals surface area contributed by atoms with Crippen LogP contribution in [-0.2, 0) is 32.7 Å². The number of nitrogens with two attached hydrogens (primary N) is 1. The predicted molar refractivity (Wildman–Crippen MR) is 321 cm³/mol. The first-order valence-corrected chi connectivity index (χ1v) is 33.6. The van der Waals surface area contributed by atoms with Gasteiger partial charge in [-0.25, -0.2) is 4.57 Å². The molecule has 0 aromatic heterocycles. The van der Waals surface area contributed by atoms with E-state index < -0.39 is 26.5 Å². The van der Waals surface area contributed by atoms with Crippen molar-refractivity contribution < 1.29 is 37.6 Å². The Kier molecular flexibility index (Phi) is 59.5. The van der Waals surface area contributed by atoms with E-state index >= 15 is 0 Å². The molecule has 0 spiro atoms. The zero-order chi connectivity index (χ0) is 54.5. The Balaban J connectivity index is 3.88. The van der Waals surface area contributed by atoms with Gasteiger partial charge >= 0.3 is 19.8 Å². The molecule has 0 fully saturated rings. The first kappa shape index (κ1) is 73.0. The van der Waals surface area contributed by atoms with Crippen LogP contribution in [0.1, 0.15) is 322 Å². The Labute approximate surface area is 464 Å². The van der Waals surface area contributed by atoms with Gasteiger partial charge in [-0.05, 0) is 51.4 Å². The van der Waals surface area contributed by atoms with Gasteiger partial charge in [-0.1, -0.05) is 306 Å². The van der Waals surface area contributed by atoms with Crippen molar-refractivity contribution in [1.29, 1.82) is 0 Å². The second kappa shape index (κ2) is 61.2. The summed E-state index contributed by atoms with van der Waals surface area (Å²) in [4.78, 5) is 35.3. The van der Waals surface area contributed by atoms with Crippen molar-refractivity contribution in [2.24, 2.45) is 5.73 Å². The normalized spacial score (nSPS) is 13.3. The summed E-state index contributed by atoms with van der Waals surface area (Å²) in [6.07, 6.45) is 76.2. The molecule has 0 heterocycles. The van der Waals surface area contributed by atoms with E-state index in [2.05, 4.69) is 62.5 Å². The molecule has 2 atom stereocenters. The van der Waals surface area contributed by atoms with Gasteiger partial charge in [0, 0.05) is 19.4 Å². The van der Waals surface area contributed by atoms with Crippen molar-refractivity contribution in [2.45, 2.75) is 328 Å².